The van der Waals surface area contributed by atoms with Crippen LogP contribution in [-0.4, -0.2) is 41.0 Å². The van der Waals surface area contributed by atoms with Crippen molar-refractivity contribution in [3.63, 3.8) is 0 Å². The van der Waals surface area contributed by atoms with Crippen molar-refractivity contribution in [3.8, 4) is 0 Å². The fourth-order valence-corrected chi connectivity index (χ4v) is 2.54. The molecule has 0 saturated heterocycles. The monoisotopic (exact) mass is 327 g/mol. The zero-order valence-corrected chi connectivity index (χ0v) is 13.3. The fourth-order valence-electron chi connectivity index (χ4n) is 2.38. The van der Waals surface area contributed by atoms with Gasteiger partial charge in [0.25, 0.3) is 5.91 Å². The number of benzene rings is 1. The third kappa shape index (κ3) is 2.58. The van der Waals surface area contributed by atoms with E-state index < -0.39 is 36.2 Å². The highest BCUT2D eigenvalue weighted by molar-refractivity contribution is 6.31. The molecule has 0 fully saturated rings. The van der Waals surface area contributed by atoms with Crippen LogP contribution in [0.4, 0.5) is 10.5 Å². The maximum Gasteiger partial charge on any atom is 0.421 e. The Morgan fingerprint density at radius 2 is 1.91 bits per heavy atom. The van der Waals surface area contributed by atoms with E-state index in [0.29, 0.717) is 10.6 Å². The first-order valence-corrected chi connectivity index (χ1v) is 7.13. The van der Waals surface area contributed by atoms with E-state index >= 15 is 0 Å². The third-order valence-electron chi connectivity index (χ3n) is 3.44. The number of hydrogen-bond acceptors (Lipinski definition) is 5. The quantitative estimate of drug-likeness (QED) is 0.865. The highest BCUT2D eigenvalue weighted by atomic mass is 35.5. The van der Waals surface area contributed by atoms with Gasteiger partial charge >= 0.3 is 6.09 Å². The summed E-state index contributed by atoms with van der Waals surface area (Å²) in [6, 6.07) is 4.49. The van der Waals surface area contributed by atoms with E-state index in [1.165, 1.54) is 18.2 Å². The first kappa shape index (κ1) is 16.7. The second kappa shape index (κ2) is 5.53. The standard InChI is InChI=1S/C15H18ClNO5/c1-14(2,3)22-13(21)17-11-6-9(16)4-5-10(11)15(7-18,8-19)12(17)20/h4-6,18-19H,7-8H2,1-3H3. The molecule has 1 heterocycles. The molecule has 120 valence electrons. The van der Waals surface area contributed by atoms with Crippen LogP contribution < -0.4 is 4.90 Å². The van der Waals surface area contributed by atoms with Crippen molar-refractivity contribution < 1.29 is 24.5 Å². The van der Waals surface area contributed by atoms with Crippen molar-refractivity contribution in [2.45, 2.75) is 31.8 Å². The number of aliphatic hydroxyl groups excluding tert-OH is 2. The Morgan fingerprint density at radius 3 is 2.41 bits per heavy atom. The molecule has 1 aliphatic rings. The maximum atomic E-state index is 12.6. The highest BCUT2D eigenvalue weighted by Gasteiger charge is 2.53. The fraction of sp³-hybridized carbons (Fsp3) is 0.467. The Morgan fingerprint density at radius 1 is 1.32 bits per heavy atom. The lowest BCUT2D eigenvalue weighted by molar-refractivity contribution is -0.125. The van der Waals surface area contributed by atoms with Crippen LogP contribution in [-0.2, 0) is 14.9 Å². The molecule has 0 bridgehead atoms. The number of ether oxygens (including phenoxy) is 1. The van der Waals surface area contributed by atoms with Gasteiger partial charge in [-0.2, -0.15) is 0 Å². The van der Waals surface area contributed by atoms with Gasteiger partial charge in [-0.25, -0.2) is 9.69 Å². The summed E-state index contributed by atoms with van der Waals surface area (Å²) in [5.41, 5.74) is -1.80. The van der Waals surface area contributed by atoms with Gasteiger partial charge in [0.05, 0.1) is 18.9 Å². The Labute approximate surface area is 133 Å². The van der Waals surface area contributed by atoms with Gasteiger partial charge in [0.15, 0.2) is 0 Å². The number of fused-ring (bicyclic) bond motifs is 1. The molecular formula is C15H18ClNO5. The molecule has 1 aliphatic heterocycles. The number of anilines is 1. The van der Waals surface area contributed by atoms with E-state index in [2.05, 4.69) is 0 Å². The van der Waals surface area contributed by atoms with Gasteiger partial charge in [0.1, 0.15) is 11.0 Å². The van der Waals surface area contributed by atoms with E-state index in [-0.39, 0.29) is 5.69 Å². The molecule has 0 aliphatic carbocycles. The Balaban J connectivity index is 2.56. The lowest BCUT2D eigenvalue weighted by Crippen LogP contribution is -2.48. The van der Waals surface area contributed by atoms with Crippen LogP contribution in [0.1, 0.15) is 26.3 Å². The van der Waals surface area contributed by atoms with Gasteiger partial charge in [0, 0.05) is 5.02 Å². The van der Waals surface area contributed by atoms with Gasteiger partial charge in [-0.05, 0) is 38.5 Å². The zero-order chi connectivity index (χ0) is 16.7. The van der Waals surface area contributed by atoms with Crippen LogP contribution in [0, 0.1) is 0 Å². The minimum Gasteiger partial charge on any atom is -0.443 e. The first-order valence-electron chi connectivity index (χ1n) is 6.75. The molecular weight excluding hydrogens is 310 g/mol. The molecule has 2 N–H and O–H groups in total. The number of rotatable bonds is 2. The number of carbonyl (C=O) groups is 2. The number of halogens is 1. The molecule has 0 aromatic heterocycles. The molecule has 0 unspecified atom stereocenters. The number of hydrogen-bond donors (Lipinski definition) is 2. The number of nitrogens with zero attached hydrogens (tertiary/aromatic N) is 1. The molecule has 7 heteroatoms. The summed E-state index contributed by atoms with van der Waals surface area (Å²) in [7, 11) is 0. The number of amides is 2. The Hall–Kier alpha value is -1.63. The topological polar surface area (TPSA) is 87.1 Å². The van der Waals surface area contributed by atoms with Crippen LogP contribution in [0.15, 0.2) is 18.2 Å². The van der Waals surface area contributed by atoms with Crippen LogP contribution in [0.2, 0.25) is 5.02 Å². The van der Waals surface area contributed by atoms with Gasteiger partial charge in [-0.1, -0.05) is 17.7 Å². The molecule has 1 aromatic rings. The van der Waals surface area contributed by atoms with Gasteiger partial charge in [0.2, 0.25) is 0 Å². The summed E-state index contributed by atoms with van der Waals surface area (Å²) in [6.07, 6.45) is -0.871. The van der Waals surface area contributed by atoms with Crippen LogP contribution >= 0.6 is 11.6 Å². The molecule has 0 spiro atoms. The van der Waals surface area contributed by atoms with Crippen LogP contribution in [0.3, 0.4) is 0 Å². The largest absolute Gasteiger partial charge is 0.443 e. The smallest absolute Gasteiger partial charge is 0.421 e. The average Bonchev–Trinajstić information content (AvgIpc) is 2.64. The molecule has 6 nitrogen and oxygen atoms in total. The summed E-state index contributed by atoms with van der Waals surface area (Å²) in [5.74, 6) is -0.732. The third-order valence-corrected chi connectivity index (χ3v) is 3.68. The van der Waals surface area contributed by atoms with E-state index in [0.717, 1.165) is 4.90 Å². The molecule has 2 rings (SSSR count). The summed E-state index contributed by atoms with van der Waals surface area (Å²) < 4.78 is 5.23. The van der Waals surface area contributed by atoms with E-state index in [9.17, 15) is 19.8 Å². The molecule has 0 radical (unpaired) electrons. The van der Waals surface area contributed by atoms with Gasteiger partial charge < -0.3 is 14.9 Å². The SMILES string of the molecule is CC(C)(C)OC(=O)N1C(=O)C(CO)(CO)c2ccc(Cl)cc21. The minimum absolute atomic E-state index is 0.217. The normalized spacial score (nSPS) is 16.6. The second-order valence-corrected chi connectivity index (χ2v) is 6.62. The molecule has 0 atom stereocenters. The summed E-state index contributed by atoms with van der Waals surface area (Å²) in [4.78, 5) is 25.8. The van der Waals surface area contributed by atoms with E-state index in [4.69, 9.17) is 16.3 Å². The number of carbonyl (C=O) groups excluding carboxylic acids is 2. The van der Waals surface area contributed by atoms with E-state index in [1.807, 2.05) is 0 Å². The zero-order valence-electron chi connectivity index (χ0n) is 12.6. The Kier molecular flexibility index (Phi) is 4.21. The maximum absolute atomic E-state index is 12.6. The molecule has 22 heavy (non-hydrogen) atoms. The van der Waals surface area contributed by atoms with Crippen molar-refractivity contribution in [2.75, 3.05) is 18.1 Å². The molecule has 1 aromatic carbocycles. The number of imide groups is 1. The summed E-state index contributed by atoms with van der Waals surface area (Å²) in [5, 5.41) is 19.6. The lowest BCUT2D eigenvalue weighted by atomic mass is 9.83. The van der Waals surface area contributed by atoms with Crippen LogP contribution in [0.5, 0.6) is 0 Å². The van der Waals surface area contributed by atoms with Crippen molar-refractivity contribution >= 4 is 29.3 Å². The van der Waals surface area contributed by atoms with Crippen molar-refractivity contribution in [1.29, 1.82) is 0 Å². The lowest BCUT2D eigenvalue weighted by Gasteiger charge is -2.26. The first-order chi connectivity index (χ1) is 10.2. The average molecular weight is 328 g/mol. The van der Waals surface area contributed by atoms with Crippen molar-refractivity contribution in [1.82, 2.24) is 0 Å². The minimum atomic E-state index is -1.57. The van der Waals surface area contributed by atoms with Crippen LogP contribution in [0.25, 0.3) is 0 Å². The predicted molar refractivity (Wildman–Crippen MR) is 81.0 cm³/mol. The van der Waals surface area contributed by atoms with Crippen molar-refractivity contribution in [2.24, 2.45) is 0 Å². The predicted octanol–water partition coefficient (Wildman–Crippen LogP) is 1.84. The summed E-state index contributed by atoms with van der Waals surface area (Å²) in [6.45, 7) is 3.77. The number of aliphatic hydroxyl groups is 2. The van der Waals surface area contributed by atoms with Gasteiger partial charge in [-0.3, -0.25) is 4.79 Å². The Bertz CT molecular complexity index is 619. The highest BCUT2D eigenvalue weighted by Crippen LogP contribution is 2.43. The molecule has 2 amide bonds. The van der Waals surface area contributed by atoms with Crippen molar-refractivity contribution in [3.05, 3.63) is 28.8 Å². The molecule has 0 saturated carbocycles. The second-order valence-electron chi connectivity index (χ2n) is 6.18. The van der Waals surface area contributed by atoms with E-state index in [1.54, 1.807) is 20.8 Å². The summed E-state index contributed by atoms with van der Waals surface area (Å²) >= 11 is 5.94. The van der Waals surface area contributed by atoms with Gasteiger partial charge in [-0.15, -0.1) is 0 Å².